The third kappa shape index (κ3) is 5.82. The third-order valence-corrected chi connectivity index (χ3v) is 3.89. The van der Waals surface area contributed by atoms with Crippen molar-refractivity contribution < 1.29 is 22.7 Å². The van der Waals surface area contributed by atoms with Crippen LogP contribution in [0, 0.1) is 6.92 Å². The molecule has 0 unspecified atom stereocenters. The second-order valence-electron chi connectivity index (χ2n) is 4.63. The molecule has 0 aliphatic heterocycles. The molecule has 0 amide bonds. The van der Waals surface area contributed by atoms with Crippen molar-refractivity contribution in [2.24, 2.45) is 5.14 Å². The zero-order valence-corrected chi connectivity index (χ0v) is 13.1. The van der Waals surface area contributed by atoms with Crippen molar-refractivity contribution in [3.63, 3.8) is 0 Å². The fourth-order valence-corrected chi connectivity index (χ4v) is 2.47. The Morgan fingerprint density at radius 2 is 1.95 bits per heavy atom. The first-order valence-electron chi connectivity index (χ1n) is 6.74. The summed E-state index contributed by atoms with van der Waals surface area (Å²) < 4.78 is 33.1. The minimum atomic E-state index is -3.86. The Morgan fingerprint density at radius 1 is 1.24 bits per heavy atom. The molecule has 0 bridgehead atoms. The fourth-order valence-electron chi connectivity index (χ4n) is 1.66. The Hall–Kier alpha value is -1.44. The maximum absolute atomic E-state index is 11.8. The molecular formula is C14H21NO5S. The average Bonchev–Trinajstić information content (AvgIpc) is 2.41. The molecule has 0 aliphatic carbocycles. The average molecular weight is 315 g/mol. The van der Waals surface area contributed by atoms with Gasteiger partial charge < -0.3 is 9.47 Å². The van der Waals surface area contributed by atoms with Gasteiger partial charge in [0, 0.05) is 6.61 Å². The summed E-state index contributed by atoms with van der Waals surface area (Å²) in [4.78, 5) is 11.7. The number of carbonyl (C=O) groups excluding carboxylic acids is 1. The normalized spacial score (nSPS) is 11.4. The predicted molar refractivity (Wildman–Crippen MR) is 78.6 cm³/mol. The summed E-state index contributed by atoms with van der Waals surface area (Å²) in [7, 11) is -3.86. The summed E-state index contributed by atoms with van der Waals surface area (Å²) in [6.07, 6.45) is 2.00. The lowest BCUT2D eigenvalue weighted by atomic mass is 10.1. The molecule has 0 atom stereocenters. The van der Waals surface area contributed by atoms with Crippen LogP contribution >= 0.6 is 0 Å². The summed E-state index contributed by atoms with van der Waals surface area (Å²) in [6, 6.07) is 4.25. The number of carbonyl (C=O) groups is 1. The Kier molecular flexibility index (Phi) is 6.80. The van der Waals surface area contributed by atoms with Crippen LogP contribution in [0.3, 0.4) is 0 Å². The van der Waals surface area contributed by atoms with Gasteiger partial charge in [-0.3, -0.25) is 0 Å². The zero-order chi connectivity index (χ0) is 15.9. The molecule has 6 nitrogen and oxygen atoms in total. The topological polar surface area (TPSA) is 95.7 Å². The number of rotatable bonds is 8. The van der Waals surface area contributed by atoms with E-state index >= 15 is 0 Å². The predicted octanol–water partition coefficient (Wildman–Crippen LogP) is 1.62. The highest BCUT2D eigenvalue weighted by atomic mass is 32.2. The molecule has 7 heteroatoms. The van der Waals surface area contributed by atoms with Crippen LogP contribution in [0.15, 0.2) is 23.1 Å². The van der Waals surface area contributed by atoms with E-state index < -0.39 is 16.0 Å². The number of hydrogen-bond donors (Lipinski definition) is 1. The molecule has 0 spiro atoms. The SMILES string of the molecule is CCCCOCCOC(=O)c1ccc(C)c(S(N)(=O)=O)c1. The van der Waals surface area contributed by atoms with E-state index in [4.69, 9.17) is 14.6 Å². The highest BCUT2D eigenvalue weighted by molar-refractivity contribution is 7.89. The van der Waals surface area contributed by atoms with Gasteiger partial charge in [0.1, 0.15) is 6.61 Å². The second kappa shape index (κ2) is 8.11. The van der Waals surface area contributed by atoms with E-state index in [0.717, 1.165) is 12.8 Å². The summed E-state index contributed by atoms with van der Waals surface area (Å²) in [5, 5.41) is 5.09. The maximum atomic E-state index is 11.8. The number of sulfonamides is 1. The molecule has 21 heavy (non-hydrogen) atoms. The lowest BCUT2D eigenvalue weighted by Crippen LogP contribution is -2.16. The van der Waals surface area contributed by atoms with Crippen molar-refractivity contribution in [3.05, 3.63) is 29.3 Å². The Labute approximate surface area is 125 Å². The van der Waals surface area contributed by atoms with Gasteiger partial charge in [0.15, 0.2) is 0 Å². The Bertz CT molecular complexity index is 583. The number of primary sulfonamides is 1. The van der Waals surface area contributed by atoms with Crippen molar-refractivity contribution in [2.45, 2.75) is 31.6 Å². The van der Waals surface area contributed by atoms with Crippen molar-refractivity contribution in [2.75, 3.05) is 19.8 Å². The molecule has 0 fully saturated rings. The number of aryl methyl sites for hydroxylation is 1. The molecule has 0 saturated heterocycles. The maximum Gasteiger partial charge on any atom is 0.338 e. The number of nitrogens with two attached hydrogens (primary N) is 1. The molecule has 0 heterocycles. The minimum absolute atomic E-state index is 0.0730. The van der Waals surface area contributed by atoms with Crippen molar-refractivity contribution in [3.8, 4) is 0 Å². The standard InChI is InChI=1S/C14H21NO5S/c1-3-4-7-19-8-9-20-14(16)12-6-5-11(2)13(10-12)21(15,17)18/h5-6,10H,3-4,7-9H2,1-2H3,(H2,15,17,18). The van der Waals surface area contributed by atoms with E-state index in [9.17, 15) is 13.2 Å². The summed E-state index contributed by atoms with van der Waals surface area (Å²) >= 11 is 0. The van der Waals surface area contributed by atoms with E-state index in [1.807, 2.05) is 0 Å². The summed E-state index contributed by atoms with van der Waals surface area (Å²) in [5.74, 6) is -0.598. The van der Waals surface area contributed by atoms with Crippen LogP contribution in [0.4, 0.5) is 0 Å². The largest absolute Gasteiger partial charge is 0.460 e. The number of hydrogen-bond acceptors (Lipinski definition) is 5. The zero-order valence-electron chi connectivity index (χ0n) is 12.3. The number of esters is 1. The smallest absolute Gasteiger partial charge is 0.338 e. The van der Waals surface area contributed by atoms with E-state index in [-0.39, 0.29) is 17.1 Å². The summed E-state index contributed by atoms with van der Waals surface area (Å²) in [5.41, 5.74) is 0.634. The van der Waals surface area contributed by atoms with Gasteiger partial charge in [-0.25, -0.2) is 18.4 Å². The highest BCUT2D eigenvalue weighted by Crippen LogP contribution is 2.16. The van der Waals surface area contributed by atoms with Gasteiger partial charge in [-0.1, -0.05) is 19.4 Å². The van der Waals surface area contributed by atoms with Gasteiger partial charge in [0.2, 0.25) is 10.0 Å². The van der Waals surface area contributed by atoms with Crippen LogP contribution in [-0.4, -0.2) is 34.2 Å². The molecule has 1 aromatic carbocycles. The summed E-state index contributed by atoms with van der Waals surface area (Å²) in [6.45, 7) is 4.75. The fraction of sp³-hybridized carbons (Fsp3) is 0.500. The van der Waals surface area contributed by atoms with Crippen LogP contribution in [0.5, 0.6) is 0 Å². The Morgan fingerprint density at radius 3 is 2.57 bits per heavy atom. The third-order valence-electron chi connectivity index (χ3n) is 2.83. The molecule has 1 rings (SSSR count). The van der Waals surface area contributed by atoms with Crippen LogP contribution in [0.1, 0.15) is 35.7 Å². The van der Waals surface area contributed by atoms with E-state index in [1.54, 1.807) is 6.92 Å². The van der Waals surface area contributed by atoms with E-state index in [2.05, 4.69) is 6.92 Å². The van der Waals surface area contributed by atoms with Crippen molar-refractivity contribution >= 4 is 16.0 Å². The Balaban J connectivity index is 2.59. The highest BCUT2D eigenvalue weighted by Gasteiger charge is 2.15. The molecule has 0 saturated carbocycles. The molecule has 118 valence electrons. The van der Waals surface area contributed by atoms with Crippen LogP contribution in [0.25, 0.3) is 0 Å². The quantitative estimate of drug-likeness (QED) is 0.581. The minimum Gasteiger partial charge on any atom is -0.460 e. The molecule has 1 aromatic rings. The van der Waals surface area contributed by atoms with Gasteiger partial charge in [-0.05, 0) is 31.0 Å². The van der Waals surface area contributed by atoms with Gasteiger partial charge in [-0.2, -0.15) is 0 Å². The lowest BCUT2D eigenvalue weighted by Gasteiger charge is -2.08. The van der Waals surface area contributed by atoms with Gasteiger partial charge in [0.25, 0.3) is 0 Å². The van der Waals surface area contributed by atoms with Gasteiger partial charge >= 0.3 is 5.97 Å². The second-order valence-corrected chi connectivity index (χ2v) is 6.16. The first-order valence-corrected chi connectivity index (χ1v) is 8.29. The van der Waals surface area contributed by atoms with Crippen LogP contribution < -0.4 is 5.14 Å². The van der Waals surface area contributed by atoms with E-state index in [0.29, 0.717) is 18.8 Å². The number of benzene rings is 1. The molecule has 0 radical (unpaired) electrons. The molecule has 2 N–H and O–H groups in total. The van der Waals surface area contributed by atoms with Gasteiger partial charge in [-0.15, -0.1) is 0 Å². The van der Waals surface area contributed by atoms with Crippen molar-refractivity contribution in [1.82, 2.24) is 0 Å². The van der Waals surface area contributed by atoms with Crippen LogP contribution in [-0.2, 0) is 19.5 Å². The first kappa shape index (κ1) is 17.6. The monoisotopic (exact) mass is 315 g/mol. The van der Waals surface area contributed by atoms with Crippen LogP contribution in [0.2, 0.25) is 0 Å². The van der Waals surface area contributed by atoms with Crippen molar-refractivity contribution in [1.29, 1.82) is 0 Å². The first-order chi connectivity index (χ1) is 9.86. The molecule has 0 aromatic heterocycles. The molecule has 0 aliphatic rings. The lowest BCUT2D eigenvalue weighted by molar-refractivity contribution is 0.0313. The molecular weight excluding hydrogens is 294 g/mol. The van der Waals surface area contributed by atoms with E-state index in [1.165, 1.54) is 18.2 Å². The van der Waals surface area contributed by atoms with Gasteiger partial charge in [0.05, 0.1) is 17.1 Å². The number of ether oxygens (including phenoxy) is 2. The number of unbranched alkanes of at least 4 members (excludes halogenated alkanes) is 1.